The van der Waals surface area contributed by atoms with Crippen molar-refractivity contribution in [3.05, 3.63) is 35.9 Å². The van der Waals surface area contributed by atoms with Crippen molar-refractivity contribution in [2.45, 2.75) is 6.54 Å². The van der Waals surface area contributed by atoms with Gasteiger partial charge in [0.15, 0.2) is 0 Å². The Morgan fingerprint density at radius 1 is 0.833 bits per heavy atom. The van der Waals surface area contributed by atoms with Gasteiger partial charge in [-0.05, 0) is 19.7 Å². The Kier molecular flexibility index (Phi) is 8.99. The third-order valence-electron chi connectivity index (χ3n) is 3.56. The molecular formula is C17H27N3O4. The molecule has 0 amide bonds. The first-order valence-electron chi connectivity index (χ1n) is 7.93. The van der Waals surface area contributed by atoms with Crippen LogP contribution >= 0.6 is 0 Å². The van der Waals surface area contributed by atoms with Crippen LogP contribution < -0.4 is 0 Å². The molecule has 1 rings (SSSR count). The van der Waals surface area contributed by atoms with E-state index in [1.165, 1.54) is 10.5 Å². The summed E-state index contributed by atoms with van der Waals surface area (Å²) in [5.41, 5.74) is 1.18. The van der Waals surface area contributed by atoms with Gasteiger partial charge in [-0.25, -0.2) is 0 Å². The van der Waals surface area contributed by atoms with Crippen LogP contribution in [0.25, 0.3) is 0 Å². The third kappa shape index (κ3) is 9.24. The largest absolute Gasteiger partial charge is 0.480 e. The van der Waals surface area contributed by atoms with E-state index in [0.29, 0.717) is 13.1 Å². The smallest absolute Gasteiger partial charge is 0.317 e. The number of aliphatic carboxylic acids is 2. The molecule has 1 aromatic rings. The first-order chi connectivity index (χ1) is 11.4. The van der Waals surface area contributed by atoms with E-state index in [-0.39, 0.29) is 13.1 Å². The Bertz CT molecular complexity index is 492. The topological polar surface area (TPSA) is 84.3 Å². The van der Waals surface area contributed by atoms with Gasteiger partial charge < -0.3 is 15.1 Å². The molecule has 0 radical (unpaired) electrons. The van der Waals surface area contributed by atoms with E-state index >= 15 is 0 Å². The maximum Gasteiger partial charge on any atom is 0.317 e. The van der Waals surface area contributed by atoms with E-state index in [0.717, 1.165) is 19.6 Å². The first kappa shape index (κ1) is 20.1. The number of nitrogens with zero attached hydrogens (tertiary/aromatic N) is 3. The molecule has 0 atom stereocenters. The van der Waals surface area contributed by atoms with Crippen molar-refractivity contribution >= 4 is 11.9 Å². The molecule has 1 aromatic carbocycles. The zero-order chi connectivity index (χ0) is 17.9. The van der Waals surface area contributed by atoms with Gasteiger partial charge in [-0.3, -0.25) is 19.4 Å². The number of hydrogen-bond acceptors (Lipinski definition) is 5. The lowest BCUT2D eigenvalue weighted by molar-refractivity contribution is -0.141. The quantitative estimate of drug-likeness (QED) is 0.575. The Balaban J connectivity index is 2.63. The molecule has 0 saturated heterocycles. The van der Waals surface area contributed by atoms with Crippen molar-refractivity contribution in [1.82, 2.24) is 14.7 Å². The van der Waals surface area contributed by atoms with E-state index in [2.05, 4.69) is 21.9 Å². The van der Waals surface area contributed by atoms with Crippen molar-refractivity contribution in [2.75, 3.05) is 53.4 Å². The van der Waals surface area contributed by atoms with Gasteiger partial charge in [-0.2, -0.15) is 0 Å². The first-order valence-corrected chi connectivity index (χ1v) is 7.93. The summed E-state index contributed by atoms with van der Waals surface area (Å²) in [6, 6.07) is 10.0. The minimum atomic E-state index is -1.01. The molecular weight excluding hydrogens is 310 g/mol. The van der Waals surface area contributed by atoms with Crippen molar-refractivity contribution < 1.29 is 19.8 Å². The molecule has 0 aliphatic rings. The maximum absolute atomic E-state index is 10.9. The number of likely N-dealkylation sites (N-methyl/N-ethyl adjacent to an activating group) is 1. The molecule has 7 heteroatoms. The van der Waals surface area contributed by atoms with Crippen LogP contribution in [0.2, 0.25) is 0 Å². The summed E-state index contributed by atoms with van der Waals surface area (Å²) in [7, 11) is 4.00. The van der Waals surface area contributed by atoms with Crippen LogP contribution in [0.15, 0.2) is 30.3 Å². The molecule has 2 N–H and O–H groups in total. The van der Waals surface area contributed by atoms with Crippen molar-refractivity contribution in [2.24, 2.45) is 0 Å². The van der Waals surface area contributed by atoms with E-state index in [9.17, 15) is 9.59 Å². The standard InChI is InChI=1S/C17H27N3O4/c1-18(2)8-9-19(12-15-6-4-3-5-7-15)10-11-20(13-16(21)22)14-17(23)24/h3-7H,8-14H2,1-2H3,(H,21,22)(H,23,24). The Morgan fingerprint density at radius 3 is 1.83 bits per heavy atom. The lowest BCUT2D eigenvalue weighted by atomic mass is 10.2. The average molecular weight is 337 g/mol. The summed E-state index contributed by atoms with van der Waals surface area (Å²) < 4.78 is 0. The monoisotopic (exact) mass is 337 g/mol. The third-order valence-corrected chi connectivity index (χ3v) is 3.56. The fourth-order valence-corrected chi connectivity index (χ4v) is 2.33. The maximum atomic E-state index is 10.9. The molecule has 0 bridgehead atoms. The normalized spacial score (nSPS) is 11.4. The van der Waals surface area contributed by atoms with E-state index in [1.807, 2.05) is 32.3 Å². The van der Waals surface area contributed by atoms with E-state index in [4.69, 9.17) is 10.2 Å². The number of hydrogen-bond donors (Lipinski definition) is 2. The van der Waals surface area contributed by atoms with Gasteiger partial charge in [0.05, 0.1) is 13.1 Å². The molecule has 0 aromatic heterocycles. The average Bonchev–Trinajstić information content (AvgIpc) is 2.49. The summed E-state index contributed by atoms with van der Waals surface area (Å²) in [5.74, 6) is -2.03. The number of carbonyl (C=O) groups is 2. The second-order valence-corrected chi connectivity index (χ2v) is 6.06. The van der Waals surface area contributed by atoms with Gasteiger partial charge in [-0.1, -0.05) is 30.3 Å². The Labute approximate surface area is 143 Å². The molecule has 0 unspecified atom stereocenters. The van der Waals surface area contributed by atoms with E-state index in [1.54, 1.807) is 0 Å². The van der Waals surface area contributed by atoms with Gasteiger partial charge >= 0.3 is 11.9 Å². The summed E-state index contributed by atoms with van der Waals surface area (Å²) in [4.78, 5) is 27.5. The van der Waals surface area contributed by atoms with Gasteiger partial charge in [0, 0.05) is 32.7 Å². The van der Waals surface area contributed by atoms with Gasteiger partial charge in [-0.15, -0.1) is 0 Å². The van der Waals surface area contributed by atoms with Crippen molar-refractivity contribution in [3.63, 3.8) is 0 Å². The second kappa shape index (κ2) is 10.7. The van der Waals surface area contributed by atoms with Crippen LogP contribution in [0.3, 0.4) is 0 Å². The molecule has 134 valence electrons. The zero-order valence-electron chi connectivity index (χ0n) is 14.4. The van der Waals surface area contributed by atoms with Crippen LogP contribution in [0, 0.1) is 0 Å². The predicted octanol–water partition coefficient (Wildman–Crippen LogP) is 0.521. The molecule has 0 fully saturated rings. The minimum absolute atomic E-state index is 0.265. The fourth-order valence-electron chi connectivity index (χ4n) is 2.33. The van der Waals surface area contributed by atoms with E-state index < -0.39 is 11.9 Å². The Morgan fingerprint density at radius 2 is 1.33 bits per heavy atom. The highest BCUT2D eigenvalue weighted by Crippen LogP contribution is 2.05. The van der Waals surface area contributed by atoms with Crippen LogP contribution in [0.5, 0.6) is 0 Å². The lowest BCUT2D eigenvalue weighted by Gasteiger charge is -2.27. The zero-order valence-corrected chi connectivity index (χ0v) is 14.4. The summed E-state index contributed by atoms with van der Waals surface area (Å²) in [6.07, 6.45) is 0. The van der Waals surface area contributed by atoms with Gasteiger partial charge in [0.2, 0.25) is 0 Å². The lowest BCUT2D eigenvalue weighted by Crippen LogP contribution is -2.41. The molecule has 0 saturated carbocycles. The SMILES string of the molecule is CN(C)CCN(CCN(CC(=O)O)CC(=O)O)Cc1ccccc1. The molecule has 0 spiro atoms. The van der Waals surface area contributed by atoms with Crippen molar-refractivity contribution in [3.8, 4) is 0 Å². The van der Waals surface area contributed by atoms with Crippen LogP contribution in [-0.2, 0) is 16.1 Å². The van der Waals surface area contributed by atoms with Crippen LogP contribution in [-0.4, -0.2) is 90.2 Å². The minimum Gasteiger partial charge on any atom is -0.480 e. The molecule has 0 aliphatic heterocycles. The summed E-state index contributed by atoms with van der Waals surface area (Å²) in [6.45, 7) is 2.95. The number of carboxylic acid groups (broad SMARTS) is 2. The molecule has 24 heavy (non-hydrogen) atoms. The highest BCUT2D eigenvalue weighted by atomic mass is 16.4. The Hall–Kier alpha value is -1.96. The molecule has 0 aliphatic carbocycles. The molecule has 0 heterocycles. The van der Waals surface area contributed by atoms with Crippen LogP contribution in [0.4, 0.5) is 0 Å². The highest BCUT2D eigenvalue weighted by Gasteiger charge is 2.15. The summed E-state index contributed by atoms with van der Waals surface area (Å²) in [5, 5.41) is 17.8. The number of carboxylic acids is 2. The van der Waals surface area contributed by atoms with Crippen molar-refractivity contribution in [1.29, 1.82) is 0 Å². The molecule has 7 nitrogen and oxygen atoms in total. The van der Waals surface area contributed by atoms with Gasteiger partial charge in [0.25, 0.3) is 0 Å². The summed E-state index contributed by atoms with van der Waals surface area (Å²) >= 11 is 0. The van der Waals surface area contributed by atoms with Crippen LogP contribution in [0.1, 0.15) is 5.56 Å². The number of rotatable bonds is 12. The second-order valence-electron chi connectivity index (χ2n) is 6.06. The number of benzene rings is 1. The van der Waals surface area contributed by atoms with Gasteiger partial charge in [0.1, 0.15) is 0 Å². The fraction of sp³-hybridized carbons (Fsp3) is 0.529. The highest BCUT2D eigenvalue weighted by molar-refractivity contribution is 5.72. The predicted molar refractivity (Wildman–Crippen MR) is 92.0 cm³/mol.